The van der Waals surface area contributed by atoms with E-state index in [2.05, 4.69) is 34.7 Å². The Labute approximate surface area is 151 Å². The van der Waals surface area contributed by atoms with Gasteiger partial charge in [-0.2, -0.15) is 0 Å². The molecule has 0 aliphatic heterocycles. The van der Waals surface area contributed by atoms with E-state index < -0.39 is 0 Å². The van der Waals surface area contributed by atoms with Crippen LogP contribution in [0.25, 0.3) is 11.3 Å². The van der Waals surface area contributed by atoms with Crippen LogP contribution in [0.1, 0.15) is 19.4 Å². The summed E-state index contributed by atoms with van der Waals surface area (Å²) in [6, 6.07) is 16.0. The van der Waals surface area contributed by atoms with Crippen LogP contribution in [0.15, 0.2) is 53.9 Å². The van der Waals surface area contributed by atoms with Gasteiger partial charge in [0.1, 0.15) is 0 Å². The van der Waals surface area contributed by atoms with Gasteiger partial charge in [-0.3, -0.25) is 4.79 Å². The van der Waals surface area contributed by atoms with E-state index in [1.54, 1.807) is 11.3 Å². The number of carbonyl (C=O) groups is 1. The van der Waals surface area contributed by atoms with Gasteiger partial charge in [-0.1, -0.05) is 38.1 Å². The van der Waals surface area contributed by atoms with Crippen LogP contribution in [0, 0.1) is 12.8 Å². The van der Waals surface area contributed by atoms with Gasteiger partial charge in [0, 0.05) is 28.2 Å². The van der Waals surface area contributed by atoms with Crippen molar-refractivity contribution in [1.82, 2.24) is 4.98 Å². The Hall–Kier alpha value is -2.66. The fourth-order valence-electron chi connectivity index (χ4n) is 2.32. The highest BCUT2D eigenvalue weighted by Crippen LogP contribution is 2.28. The molecule has 2 aromatic carbocycles. The Morgan fingerprint density at radius 1 is 1.08 bits per heavy atom. The molecule has 3 aromatic rings. The summed E-state index contributed by atoms with van der Waals surface area (Å²) in [6.45, 7) is 5.82. The summed E-state index contributed by atoms with van der Waals surface area (Å²) < 4.78 is 0. The minimum absolute atomic E-state index is 0.0195. The van der Waals surface area contributed by atoms with Crippen molar-refractivity contribution in [2.24, 2.45) is 5.92 Å². The maximum absolute atomic E-state index is 11.7. The van der Waals surface area contributed by atoms with Gasteiger partial charge in [-0.05, 0) is 36.8 Å². The highest BCUT2D eigenvalue weighted by atomic mass is 32.1. The van der Waals surface area contributed by atoms with E-state index in [4.69, 9.17) is 0 Å². The van der Waals surface area contributed by atoms with E-state index in [1.165, 1.54) is 5.56 Å². The molecular weight excluding hydrogens is 330 g/mol. The molecule has 5 heteroatoms. The van der Waals surface area contributed by atoms with E-state index in [1.807, 2.05) is 55.6 Å². The number of nitrogens with zero attached hydrogens (tertiary/aromatic N) is 1. The second-order valence-electron chi connectivity index (χ2n) is 6.25. The topological polar surface area (TPSA) is 54.0 Å². The Bertz CT molecular complexity index is 869. The van der Waals surface area contributed by atoms with Gasteiger partial charge in [0.05, 0.1) is 5.69 Å². The van der Waals surface area contributed by atoms with Crippen LogP contribution >= 0.6 is 11.3 Å². The smallest absolute Gasteiger partial charge is 0.226 e. The molecule has 1 aromatic heterocycles. The largest absolute Gasteiger partial charge is 0.332 e. The molecule has 1 amide bonds. The fourth-order valence-corrected chi connectivity index (χ4v) is 3.06. The van der Waals surface area contributed by atoms with Gasteiger partial charge in [0.2, 0.25) is 5.91 Å². The van der Waals surface area contributed by atoms with Crippen LogP contribution in [0.5, 0.6) is 0 Å². The fraction of sp³-hybridized carbons (Fsp3) is 0.200. The Balaban J connectivity index is 1.70. The SMILES string of the molecule is Cc1cccc(Nc2nc(-c3ccc(NC(=O)C(C)C)cc3)cs2)c1. The van der Waals surface area contributed by atoms with Crippen LogP contribution in [-0.4, -0.2) is 10.9 Å². The zero-order valence-corrected chi connectivity index (χ0v) is 15.4. The molecule has 0 saturated heterocycles. The molecule has 128 valence electrons. The second kappa shape index (κ2) is 7.49. The lowest BCUT2D eigenvalue weighted by molar-refractivity contribution is -0.118. The van der Waals surface area contributed by atoms with Crippen molar-refractivity contribution in [3.63, 3.8) is 0 Å². The number of rotatable bonds is 5. The molecule has 0 radical (unpaired) electrons. The predicted molar refractivity (Wildman–Crippen MR) is 105 cm³/mol. The molecule has 0 saturated carbocycles. The van der Waals surface area contributed by atoms with Gasteiger partial charge in [0.15, 0.2) is 5.13 Å². The lowest BCUT2D eigenvalue weighted by Gasteiger charge is -2.08. The molecule has 4 nitrogen and oxygen atoms in total. The molecule has 25 heavy (non-hydrogen) atoms. The van der Waals surface area contributed by atoms with Gasteiger partial charge in [0.25, 0.3) is 0 Å². The van der Waals surface area contributed by atoms with Crippen LogP contribution in [-0.2, 0) is 4.79 Å². The third-order valence-corrected chi connectivity index (χ3v) is 4.50. The summed E-state index contributed by atoms with van der Waals surface area (Å²) in [6.07, 6.45) is 0. The van der Waals surface area contributed by atoms with E-state index in [-0.39, 0.29) is 11.8 Å². The molecule has 3 rings (SSSR count). The number of nitrogens with one attached hydrogen (secondary N) is 2. The summed E-state index contributed by atoms with van der Waals surface area (Å²) >= 11 is 1.57. The molecule has 0 aliphatic rings. The molecule has 0 unspecified atom stereocenters. The number of carbonyl (C=O) groups excluding carboxylic acids is 1. The predicted octanol–water partition coefficient (Wildman–Crippen LogP) is 5.46. The van der Waals surface area contributed by atoms with Crippen LogP contribution in [0.2, 0.25) is 0 Å². The minimum Gasteiger partial charge on any atom is -0.332 e. The second-order valence-corrected chi connectivity index (χ2v) is 7.11. The number of thiazole rings is 1. The molecule has 0 aliphatic carbocycles. The number of amides is 1. The van der Waals surface area contributed by atoms with Crippen molar-refractivity contribution in [1.29, 1.82) is 0 Å². The monoisotopic (exact) mass is 351 g/mol. The van der Waals surface area contributed by atoms with Crippen molar-refractivity contribution < 1.29 is 4.79 Å². The zero-order chi connectivity index (χ0) is 17.8. The van der Waals surface area contributed by atoms with Crippen molar-refractivity contribution in [3.05, 3.63) is 59.5 Å². The van der Waals surface area contributed by atoms with Gasteiger partial charge in [-0.15, -0.1) is 11.3 Å². The number of anilines is 3. The molecule has 0 bridgehead atoms. The van der Waals surface area contributed by atoms with Crippen LogP contribution in [0.4, 0.5) is 16.5 Å². The third-order valence-electron chi connectivity index (χ3n) is 3.75. The first-order valence-electron chi connectivity index (χ1n) is 8.22. The molecule has 1 heterocycles. The van der Waals surface area contributed by atoms with Crippen molar-refractivity contribution >= 4 is 33.8 Å². The Morgan fingerprint density at radius 2 is 1.84 bits per heavy atom. The first kappa shape index (κ1) is 17.2. The van der Waals surface area contributed by atoms with Crippen LogP contribution < -0.4 is 10.6 Å². The summed E-state index contributed by atoms with van der Waals surface area (Å²) in [5.41, 5.74) is 4.99. The summed E-state index contributed by atoms with van der Waals surface area (Å²) in [4.78, 5) is 16.4. The van der Waals surface area contributed by atoms with Crippen molar-refractivity contribution in [2.45, 2.75) is 20.8 Å². The number of benzene rings is 2. The zero-order valence-electron chi connectivity index (χ0n) is 14.5. The quantitative estimate of drug-likeness (QED) is 0.642. The standard InChI is InChI=1S/C20H21N3OS/c1-13(2)19(24)21-16-9-7-15(8-10-16)18-12-25-20(23-18)22-17-6-4-5-14(3)11-17/h4-13H,1-3H3,(H,21,24)(H,22,23). The van der Waals surface area contributed by atoms with Crippen molar-refractivity contribution in [2.75, 3.05) is 10.6 Å². The van der Waals surface area contributed by atoms with E-state index in [0.29, 0.717) is 0 Å². The first-order valence-corrected chi connectivity index (χ1v) is 9.10. The molecular formula is C20H21N3OS. The maximum atomic E-state index is 11.7. The molecule has 0 fully saturated rings. The average Bonchev–Trinajstić information content (AvgIpc) is 3.04. The van der Waals surface area contributed by atoms with Crippen molar-refractivity contribution in [3.8, 4) is 11.3 Å². The minimum atomic E-state index is -0.0338. The number of aryl methyl sites for hydroxylation is 1. The molecule has 0 atom stereocenters. The molecule has 0 spiro atoms. The van der Waals surface area contributed by atoms with E-state index >= 15 is 0 Å². The highest BCUT2D eigenvalue weighted by Gasteiger charge is 2.08. The third kappa shape index (κ3) is 4.45. The Kier molecular flexibility index (Phi) is 5.14. The number of aromatic nitrogens is 1. The average molecular weight is 351 g/mol. The molecule has 2 N–H and O–H groups in total. The van der Waals surface area contributed by atoms with E-state index in [9.17, 15) is 4.79 Å². The maximum Gasteiger partial charge on any atom is 0.226 e. The summed E-state index contributed by atoms with van der Waals surface area (Å²) in [5, 5.41) is 9.12. The Morgan fingerprint density at radius 3 is 2.52 bits per heavy atom. The van der Waals surface area contributed by atoms with Gasteiger partial charge in [-0.25, -0.2) is 4.98 Å². The van der Waals surface area contributed by atoms with E-state index in [0.717, 1.165) is 27.8 Å². The normalized spacial score (nSPS) is 10.7. The van der Waals surface area contributed by atoms with Gasteiger partial charge < -0.3 is 10.6 Å². The van der Waals surface area contributed by atoms with Crippen LogP contribution in [0.3, 0.4) is 0 Å². The van der Waals surface area contributed by atoms with Gasteiger partial charge >= 0.3 is 0 Å². The number of hydrogen-bond donors (Lipinski definition) is 2. The highest BCUT2D eigenvalue weighted by molar-refractivity contribution is 7.14. The summed E-state index contributed by atoms with van der Waals surface area (Å²) in [7, 11) is 0. The lowest BCUT2D eigenvalue weighted by Crippen LogP contribution is -2.17. The number of hydrogen-bond acceptors (Lipinski definition) is 4. The lowest BCUT2D eigenvalue weighted by atomic mass is 10.1. The first-order chi connectivity index (χ1) is 12.0. The summed E-state index contributed by atoms with van der Waals surface area (Å²) in [5.74, 6) is -0.0143.